The topological polar surface area (TPSA) is 47.9 Å². The lowest BCUT2D eigenvalue weighted by atomic mass is 11.9. The second kappa shape index (κ2) is 5.57. The van der Waals surface area contributed by atoms with Crippen molar-refractivity contribution in [1.29, 1.82) is 0 Å². The molecule has 0 fully saturated rings. The van der Waals surface area contributed by atoms with Gasteiger partial charge < -0.3 is 17.1 Å². The molecule has 4 nitrogen and oxygen atoms in total. The minimum Gasteiger partial charge on any atom is -0.440 e. The first-order valence-corrected chi connectivity index (χ1v) is 16.9. The molecule has 0 unspecified atom stereocenters. The van der Waals surface area contributed by atoms with Crippen LogP contribution in [0.25, 0.3) is 0 Å². The minimum absolute atomic E-state index is 1.09. The maximum absolute atomic E-state index is 9.79. The van der Waals surface area contributed by atoms with Crippen LogP contribution in [0.5, 0.6) is 0 Å². The van der Waals surface area contributed by atoms with Gasteiger partial charge in [-0.15, -0.1) is 0 Å². The van der Waals surface area contributed by atoms with Crippen LogP contribution in [-0.2, 0) is 12.3 Å². The predicted molar refractivity (Wildman–Crippen MR) is 76.8 cm³/mol. The monoisotopic (exact) mass is 298 g/mol. The lowest BCUT2D eigenvalue weighted by molar-refractivity contribution is 0.299. The summed E-state index contributed by atoms with van der Waals surface area (Å²) < 4.78 is 17.7. The molecular formula is C8H26O4Si4. The van der Waals surface area contributed by atoms with E-state index in [-0.39, 0.29) is 0 Å². The van der Waals surface area contributed by atoms with Crippen LogP contribution in [0, 0.1) is 0 Å². The largest absolute Gasteiger partial charge is 0.440 e. The van der Waals surface area contributed by atoms with Gasteiger partial charge in [0.25, 0.3) is 0 Å². The Morgan fingerprint density at radius 2 is 1.25 bits per heavy atom. The van der Waals surface area contributed by atoms with E-state index in [1.54, 1.807) is 13.1 Å². The van der Waals surface area contributed by atoms with Crippen molar-refractivity contribution in [1.82, 2.24) is 0 Å². The summed E-state index contributed by atoms with van der Waals surface area (Å²) in [7, 11) is -7.97. The van der Waals surface area contributed by atoms with Crippen LogP contribution in [0.1, 0.15) is 0 Å². The fraction of sp³-hybridized carbons (Fsp3) is 1.00. The summed E-state index contributed by atoms with van der Waals surface area (Å²) in [6.45, 7) is 15.8. The van der Waals surface area contributed by atoms with E-state index in [9.17, 15) is 4.80 Å². The molecule has 0 aliphatic rings. The summed E-state index contributed by atoms with van der Waals surface area (Å²) in [5, 5.41) is 0. The Kier molecular flexibility index (Phi) is 5.81. The number of rotatable bonds is 6. The molecule has 98 valence electrons. The van der Waals surface area contributed by atoms with Crippen molar-refractivity contribution in [3.63, 3.8) is 0 Å². The van der Waals surface area contributed by atoms with Gasteiger partial charge in [0.1, 0.15) is 0 Å². The Bertz CT molecular complexity index is 225. The third-order valence-corrected chi connectivity index (χ3v) is 13.6. The maximum atomic E-state index is 9.79. The van der Waals surface area contributed by atoms with E-state index in [1.807, 2.05) is 26.2 Å². The van der Waals surface area contributed by atoms with Crippen LogP contribution in [0.15, 0.2) is 0 Å². The van der Waals surface area contributed by atoms with Crippen LogP contribution in [0.3, 0.4) is 0 Å². The first-order valence-electron chi connectivity index (χ1n) is 5.63. The zero-order valence-corrected chi connectivity index (χ0v) is 15.9. The highest BCUT2D eigenvalue weighted by Crippen LogP contribution is 2.20. The van der Waals surface area contributed by atoms with Gasteiger partial charge in [-0.1, -0.05) is 0 Å². The average Bonchev–Trinajstić information content (AvgIpc) is 1.69. The molecule has 0 aromatic carbocycles. The Hall–Kier alpha value is 0.708. The van der Waals surface area contributed by atoms with Crippen molar-refractivity contribution in [2.24, 2.45) is 0 Å². The molecule has 0 aliphatic carbocycles. The van der Waals surface area contributed by atoms with Gasteiger partial charge >= 0.3 is 25.7 Å². The van der Waals surface area contributed by atoms with Crippen molar-refractivity contribution in [2.75, 3.05) is 0 Å². The summed E-state index contributed by atoms with van der Waals surface area (Å²) in [5.41, 5.74) is 0. The van der Waals surface area contributed by atoms with E-state index in [0.717, 1.165) is 0 Å². The molecule has 0 aliphatic heterocycles. The van der Waals surface area contributed by atoms with Gasteiger partial charge in [0.15, 0.2) is 9.04 Å². The standard InChI is InChI=1S/C8H26O4Si4/c1-13(2)10-15(5,6)12-16(7,8)11-14(3,4)9/h9,13H,1-8H3. The van der Waals surface area contributed by atoms with Gasteiger partial charge in [0.05, 0.1) is 0 Å². The summed E-state index contributed by atoms with van der Waals surface area (Å²) in [6, 6.07) is 0. The molecule has 8 heteroatoms. The number of hydrogen-bond acceptors (Lipinski definition) is 4. The molecule has 0 aromatic rings. The molecule has 0 spiro atoms. The van der Waals surface area contributed by atoms with E-state index >= 15 is 0 Å². The fourth-order valence-corrected chi connectivity index (χ4v) is 17.1. The molecular weight excluding hydrogens is 272 g/mol. The highest BCUT2D eigenvalue weighted by molar-refractivity contribution is 6.85. The molecule has 0 rings (SSSR count). The van der Waals surface area contributed by atoms with Gasteiger partial charge in [-0.05, 0) is 52.4 Å². The fourth-order valence-electron chi connectivity index (χ4n) is 1.81. The van der Waals surface area contributed by atoms with Crippen LogP contribution < -0.4 is 0 Å². The zero-order chi connectivity index (χ0) is 13.2. The summed E-state index contributed by atoms with van der Waals surface area (Å²) in [5.74, 6) is 0. The average molecular weight is 299 g/mol. The molecule has 0 saturated carbocycles. The second-order valence-corrected chi connectivity index (χ2v) is 18.8. The number of hydrogen-bond donors (Lipinski definition) is 1. The van der Waals surface area contributed by atoms with E-state index in [0.29, 0.717) is 0 Å². The zero-order valence-electron chi connectivity index (χ0n) is 11.7. The molecule has 0 heterocycles. The maximum Gasteiger partial charge on any atom is 0.320 e. The van der Waals surface area contributed by atoms with Crippen LogP contribution in [0.4, 0.5) is 0 Å². The van der Waals surface area contributed by atoms with Gasteiger partial charge in [-0.2, -0.15) is 0 Å². The van der Waals surface area contributed by atoms with Crippen molar-refractivity contribution in [3.05, 3.63) is 0 Å². The van der Waals surface area contributed by atoms with Gasteiger partial charge in [-0.25, -0.2) is 0 Å². The molecule has 0 bridgehead atoms. The molecule has 0 atom stereocenters. The smallest absolute Gasteiger partial charge is 0.320 e. The highest BCUT2D eigenvalue weighted by atomic mass is 28.5. The molecule has 0 amide bonds. The molecule has 0 radical (unpaired) electrons. The van der Waals surface area contributed by atoms with Gasteiger partial charge in [0.2, 0.25) is 0 Å². The molecule has 1 N–H and O–H groups in total. The molecule has 0 saturated heterocycles. The third kappa shape index (κ3) is 8.81. The van der Waals surface area contributed by atoms with Crippen LogP contribution in [-0.4, -0.2) is 39.5 Å². The summed E-state index contributed by atoms with van der Waals surface area (Å²) in [6.07, 6.45) is 0. The van der Waals surface area contributed by atoms with Gasteiger partial charge in [-0.3, -0.25) is 0 Å². The van der Waals surface area contributed by atoms with E-state index in [1.165, 1.54) is 0 Å². The second-order valence-electron chi connectivity index (χ2n) is 5.62. The Labute approximate surface area is 104 Å². The predicted octanol–water partition coefficient (Wildman–Crippen LogP) is 2.12. The first kappa shape index (κ1) is 16.7. The van der Waals surface area contributed by atoms with Crippen molar-refractivity contribution in [2.45, 2.75) is 52.4 Å². The Morgan fingerprint density at radius 1 is 0.812 bits per heavy atom. The quantitative estimate of drug-likeness (QED) is 0.763. The third-order valence-electron chi connectivity index (χ3n) is 1.51. The lowest BCUT2D eigenvalue weighted by Gasteiger charge is -2.36. The summed E-state index contributed by atoms with van der Waals surface area (Å²) in [4.78, 5) is 9.79. The van der Waals surface area contributed by atoms with Crippen LogP contribution in [0.2, 0.25) is 52.4 Å². The van der Waals surface area contributed by atoms with Crippen molar-refractivity contribution < 1.29 is 17.1 Å². The Balaban J connectivity index is 4.45. The van der Waals surface area contributed by atoms with Gasteiger partial charge in [0, 0.05) is 0 Å². The lowest BCUT2D eigenvalue weighted by Crippen LogP contribution is -2.54. The minimum atomic E-state index is -2.52. The van der Waals surface area contributed by atoms with Crippen molar-refractivity contribution >= 4 is 34.7 Å². The summed E-state index contributed by atoms with van der Waals surface area (Å²) >= 11 is 0. The first-order chi connectivity index (χ1) is 6.83. The highest BCUT2D eigenvalue weighted by Gasteiger charge is 2.40. The van der Waals surface area contributed by atoms with E-state index in [2.05, 4.69) is 13.1 Å². The Morgan fingerprint density at radius 3 is 1.56 bits per heavy atom. The normalized spacial score (nSPS) is 14.6. The van der Waals surface area contributed by atoms with Crippen molar-refractivity contribution in [3.8, 4) is 0 Å². The molecule has 0 aromatic heterocycles. The van der Waals surface area contributed by atoms with E-state index in [4.69, 9.17) is 12.3 Å². The van der Waals surface area contributed by atoms with E-state index < -0.39 is 34.7 Å². The SMILES string of the molecule is C[SiH](C)O[Si](C)(C)O[Si](C)(C)O[Si](C)(C)O. The van der Waals surface area contributed by atoms with Crippen LogP contribution >= 0.6 is 0 Å². The molecule has 16 heavy (non-hydrogen) atoms.